The van der Waals surface area contributed by atoms with E-state index >= 15 is 0 Å². The lowest BCUT2D eigenvalue weighted by molar-refractivity contribution is 0.331. The molecule has 7 heteroatoms. The van der Waals surface area contributed by atoms with Crippen LogP contribution in [0.25, 0.3) is 0 Å². The average Bonchev–Trinajstić information content (AvgIpc) is 2.96. The highest BCUT2D eigenvalue weighted by atomic mass is 32.2. The molecule has 1 unspecified atom stereocenters. The summed E-state index contributed by atoms with van der Waals surface area (Å²) in [6, 6.07) is 4.03. The molecule has 23 heavy (non-hydrogen) atoms. The number of thiophene rings is 1. The summed E-state index contributed by atoms with van der Waals surface area (Å²) in [5, 5.41) is 3.82. The van der Waals surface area contributed by atoms with Crippen LogP contribution in [0.4, 0.5) is 0 Å². The van der Waals surface area contributed by atoms with Gasteiger partial charge in [0.1, 0.15) is 10.6 Å². The lowest BCUT2D eigenvalue weighted by atomic mass is 10.1. The van der Waals surface area contributed by atoms with Crippen LogP contribution >= 0.6 is 11.3 Å². The maximum atomic E-state index is 13.3. The van der Waals surface area contributed by atoms with Gasteiger partial charge in [-0.25, -0.2) is 8.42 Å². The Labute approximate surface area is 141 Å². The molecule has 2 aromatic heterocycles. The molecular weight excluding hydrogens is 332 g/mol. The fourth-order valence-corrected chi connectivity index (χ4v) is 6.31. The van der Waals surface area contributed by atoms with Crippen LogP contribution in [0.15, 0.2) is 21.6 Å². The first-order valence-corrected chi connectivity index (χ1v) is 10.2. The second-order valence-electron chi connectivity index (χ2n) is 6.08. The van der Waals surface area contributed by atoms with E-state index in [2.05, 4.69) is 24.2 Å². The monoisotopic (exact) mass is 354 g/mol. The number of hydrogen-bond donors (Lipinski definition) is 0. The number of rotatable bonds is 3. The zero-order chi connectivity index (χ0) is 16.6. The second-order valence-corrected chi connectivity index (χ2v) is 9.23. The van der Waals surface area contributed by atoms with E-state index in [-0.39, 0.29) is 10.9 Å². The number of hydrogen-bond acceptors (Lipinski definition) is 5. The summed E-state index contributed by atoms with van der Waals surface area (Å²) in [6.07, 6.45) is 3.87. The highest BCUT2D eigenvalue weighted by Gasteiger charge is 2.37. The Morgan fingerprint density at radius 1 is 1.22 bits per heavy atom. The number of aryl methyl sites for hydroxylation is 3. The smallest absolute Gasteiger partial charge is 0.249 e. The van der Waals surface area contributed by atoms with E-state index in [1.54, 1.807) is 29.5 Å². The topological polar surface area (TPSA) is 63.4 Å². The Morgan fingerprint density at radius 3 is 2.61 bits per heavy atom. The quantitative estimate of drug-likeness (QED) is 0.837. The van der Waals surface area contributed by atoms with E-state index in [1.165, 1.54) is 4.88 Å². The van der Waals surface area contributed by atoms with Crippen LogP contribution < -0.4 is 0 Å². The first kappa shape index (κ1) is 16.7. The van der Waals surface area contributed by atoms with Crippen molar-refractivity contribution in [1.82, 2.24) is 9.46 Å². The summed E-state index contributed by atoms with van der Waals surface area (Å²) < 4.78 is 33.3. The summed E-state index contributed by atoms with van der Waals surface area (Å²) in [4.78, 5) is 2.57. The summed E-state index contributed by atoms with van der Waals surface area (Å²) in [7, 11) is -3.61. The number of sulfonamides is 1. The van der Waals surface area contributed by atoms with Gasteiger partial charge in [0.05, 0.1) is 6.04 Å². The summed E-state index contributed by atoms with van der Waals surface area (Å²) >= 11 is 1.68. The molecular formula is C16H22N2O3S2. The van der Waals surface area contributed by atoms with Crippen molar-refractivity contribution in [2.75, 3.05) is 6.54 Å². The molecule has 1 fully saturated rings. The van der Waals surface area contributed by atoms with E-state index in [4.69, 9.17) is 4.52 Å². The molecule has 3 rings (SSSR count). The van der Waals surface area contributed by atoms with Gasteiger partial charge in [0.15, 0.2) is 5.76 Å². The van der Waals surface area contributed by atoms with Crippen molar-refractivity contribution in [2.45, 2.75) is 57.4 Å². The van der Waals surface area contributed by atoms with Gasteiger partial charge >= 0.3 is 0 Å². The molecule has 0 bridgehead atoms. The second kappa shape index (κ2) is 6.37. The normalized spacial score (nSPS) is 20.6. The minimum atomic E-state index is -3.61. The van der Waals surface area contributed by atoms with Crippen LogP contribution in [-0.2, 0) is 10.0 Å². The largest absolute Gasteiger partial charge is 0.360 e. The Morgan fingerprint density at radius 2 is 2.00 bits per heavy atom. The first-order chi connectivity index (χ1) is 10.9. The zero-order valence-electron chi connectivity index (χ0n) is 13.7. The van der Waals surface area contributed by atoms with Crippen LogP contribution in [0, 0.1) is 20.8 Å². The minimum absolute atomic E-state index is 0.0881. The first-order valence-electron chi connectivity index (χ1n) is 7.92. The zero-order valence-corrected chi connectivity index (χ0v) is 15.3. The fourth-order valence-electron chi connectivity index (χ4n) is 3.25. The van der Waals surface area contributed by atoms with Gasteiger partial charge < -0.3 is 4.52 Å². The van der Waals surface area contributed by atoms with Crippen LogP contribution in [0.5, 0.6) is 0 Å². The molecule has 0 amide bonds. The SMILES string of the molecule is Cc1ccc(C2CCCCCN2S(=O)(=O)c2c(C)noc2C)s1. The van der Waals surface area contributed by atoms with Gasteiger partial charge in [-0.1, -0.05) is 18.0 Å². The Bertz CT molecular complexity index is 773. The van der Waals surface area contributed by atoms with Crippen molar-refractivity contribution < 1.29 is 12.9 Å². The molecule has 0 radical (unpaired) electrons. The maximum absolute atomic E-state index is 13.3. The summed E-state index contributed by atoms with van der Waals surface area (Å²) in [5.74, 6) is 0.368. The molecule has 0 aliphatic carbocycles. The Kier molecular flexibility index (Phi) is 4.62. The molecule has 3 heterocycles. The van der Waals surface area contributed by atoms with E-state index in [0.717, 1.165) is 30.6 Å². The molecule has 0 N–H and O–H groups in total. The number of nitrogens with zero attached hydrogens (tertiary/aromatic N) is 2. The van der Waals surface area contributed by atoms with E-state index < -0.39 is 10.0 Å². The van der Waals surface area contributed by atoms with Crippen LogP contribution in [0.1, 0.15) is 52.9 Å². The fraction of sp³-hybridized carbons (Fsp3) is 0.562. The van der Waals surface area contributed by atoms with Crippen LogP contribution in [-0.4, -0.2) is 24.4 Å². The third-order valence-electron chi connectivity index (χ3n) is 4.33. The predicted molar refractivity (Wildman–Crippen MR) is 90.1 cm³/mol. The van der Waals surface area contributed by atoms with Gasteiger partial charge in [-0.15, -0.1) is 11.3 Å². The van der Waals surface area contributed by atoms with Crippen molar-refractivity contribution in [3.8, 4) is 0 Å². The van der Waals surface area contributed by atoms with E-state index in [0.29, 0.717) is 18.0 Å². The molecule has 1 aliphatic heterocycles. The molecule has 0 saturated carbocycles. The lowest BCUT2D eigenvalue weighted by Crippen LogP contribution is -2.35. The van der Waals surface area contributed by atoms with Crippen molar-refractivity contribution in [3.63, 3.8) is 0 Å². The van der Waals surface area contributed by atoms with Gasteiger partial charge in [0.2, 0.25) is 10.0 Å². The Hall–Kier alpha value is -1.18. The van der Waals surface area contributed by atoms with E-state index in [9.17, 15) is 8.42 Å². The van der Waals surface area contributed by atoms with Crippen LogP contribution in [0.2, 0.25) is 0 Å². The third-order valence-corrected chi connectivity index (χ3v) is 7.58. The van der Waals surface area contributed by atoms with E-state index in [1.807, 2.05) is 0 Å². The molecule has 1 atom stereocenters. The van der Waals surface area contributed by atoms with Crippen LogP contribution in [0.3, 0.4) is 0 Å². The molecule has 0 spiro atoms. The van der Waals surface area contributed by atoms with Gasteiger partial charge in [-0.3, -0.25) is 0 Å². The highest BCUT2D eigenvalue weighted by Crippen LogP contribution is 2.38. The van der Waals surface area contributed by atoms with Crippen molar-refractivity contribution >= 4 is 21.4 Å². The van der Waals surface area contributed by atoms with Gasteiger partial charge in [0.25, 0.3) is 0 Å². The van der Waals surface area contributed by atoms with Crippen molar-refractivity contribution in [2.24, 2.45) is 0 Å². The standard InChI is InChI=1S/C16H22N2O3S2/c1-11-8-9-15(22-11)14-7-5-4-6-10-18(14)23(19,20)16-12(2)17-21-13(16)3/h8-9,14H,4-7,10H2,1-3H3. The predicted octanol–water partition coefficient (Wildman–Crippen LogP) is 3.97. The summed E-state index contributed by atoms with van der Waals surface area (Å²) in [5.41, 5.74) is 0.438. The molecule has 126 valence electrons. The highest BCUT2D eigenvalue weighted by molar-refractivity contribution is 7.89. The lowest BCUT2D eigenvalue weighted by Gasteiger charge is -2.28. The molecule has 1 aliphatic rings. The van der Waals surface area contributed by atoms with Crippen molar-refractivity contribution in [1.29, 1.82) is 0 Å². The average molecular weight is 354 g/mol. The van der Waals surface area contributed by atoms with Gasteiger partial charge in [-0.2, -0.15) is 4.31 Å². The number of aromatic nitrogens is 1. The summed E-state index contributed by atoms with van der Waals surface area (Å²) in [6.45, 7) is 5.95. The third kappa shape index (κ3) is 3.09. The van der Waals surface area contributed by atoms with Crippen molar-refractivity contribution in [3.05, 3.63) is 33.3 Å². The minimum Gasteiger partial charge on any atom is -0.360 e. The van der Waals surface area contributed by atoms with Gasteiger partial charge in [-0.05, 0) is 45.7 Å². The molecule has 0 aromatic carbocycles. The molecule has 5 nitrogen and oxygen atoms in total. The maximum Gasteiger partial charge on any atom is 0.249 e. The van der Waals surface area contributed by atoms with Gasteiger partial charge in [0, 0.05) is 16.3 Å². The molecule has 2 aromatic rings. The Balaban J connectivity index is 2.06. The molecule has 1 saturated heterocycles.